The number of piperidine rings is 1. The maximum absolute atomic E-state index is 13.0. The van der Waals surface area contributed by atoms with Crippen molar-refractivity contribution in [3.63, 3.8) is 0 Å². The smallest absolute Gasteiger partial charge is 0.419 e. The van der Waals surface area contributed by atoms with Crippen LogP contribution in [0.25, 0.3) is 0 Å². The van der Waals surface area contributed by atoms with Crippen LogP contribution in [0.15, 0.2) is 0 Å². The fourth-order valence-corrected chi connectivity index (χ4v) is 3.16. The van der Waals surface area contributed by atoms with Gasteiger partial charge in [0.05, 0.1) is 13.7 Å². The Kier molecular flexibility index (Phi) is 5.57. The molecule has 1 atom stereocenters. The van der Waals surface area contributed by atoms with Gasteiger partial charge in [0.25, 0.3) is 5.91 Å². The van der Waals surface area contributed by atoms with E-state index in [1.807, 2.05) is 0 Å². The molecule has 0 aromatic heterocycles. The monoisotopic (exact) mass is 370 g/mol. The Labute approximate surface area is 151 Å². The van der Waals surface area contributed by atoms with Gasteiger partial charge in [0.1, 0.15) is 17.2 Å². The summed E-state index contributed by atoms with van der Waals surface area (Å²) < 4.78 is 9.88. The standard InChI is InChI=1S/C16H26N4O6/c1-15(2,3)26-14(24)20-13(23)19(9-10(17)11(21)25-4)12(22)16(20)5-7-18-8-6-16/h10,18H,5-9,17H2,1-4H3. The number of ether oxygens (including phenoxy) is 2. The van der Waals surface area contributed by atoms with Gasteiger partial charge in [-0.3, -0.25) is 14.5 Å². The van der Waals surface area contributed by atoms with Crippen LogP contribution in [-0.4, -0.2) is 77.7 Å². The Bertz CT molecular complexity index is 608. The number of urea groups is 1. The number of nitrogens with one attached hydrogen (secondary N) is 1. The highest BCUT2D eigenvalue weighted by molar-refractivity contribution is 6.13. The molecule has 10 heteroatoms. The molecule has 146 valence electrons. The second-order valence-electron chi connectivity index (χ2n) is 7.43. The van der Waals surface area contributed by atoms with Crippen molar-refractivity contribution in [2.45, 2.75) is 50.8 Å². The van der Waals surface area contributed by atoms with Crippen LogP contribution in [-0.2, 0) is 19.1 Å². The Hall–Kier alpha value is -2.20. The summed E-state index contributed by atoms with van der Waals surface area (Å²) in [6.07, 6.45) is -0.353. The van der Waals surface area contributed by atoms with Gasteiger partial charge in [-0.2, -0.15) is 0 Å². The van der Waals surface area contributed by atoms with Gasteiger partial charge < -0.3 is 20.5 Å². The molecule has 26 heavy (non-hydrogen) atoms. The first kappa shape index (κ1) is 20.1. The van der Waals surface area contributed by atoms with E-state index < -0.39 is 41.2 Å². The topological polar surface area (TPSA) is 131 Å². The molecule has 2 heterocycles. The minimum Gasteiger partial charge on any atom is -0.468 e. The molecule has 2 saturated heterocycles. The largest absolute Gasteiger partial charge is 0.468 e. The molecular weight excluding hydrogens is 344 g/mol. The average Bonchev–Trinajstić information content (AvgIpc) is 2.74. The lowest BCUT2D eigenvalue weighted by molar-refractivity contribution is -0.143. The number of carbonyl (C=O) groups excluding carboxylic acids is 4. The molecule has 1 spiro atoms. The summed E-state index contributed by atoms with van der Waals surface area (Å²) in [5.74, 6) is -1.30. The number of rotatable bonds is 3. The van der Waals surface area contributed by atoms with Gasteiger partial charge in [-0.25, -0.2) is 14.5 Å². The average molecular weight is 370 g/mol. The molecule has 0 aromatic rings. The number of hydrogen-bond acceptors (Lipinski definition) is 8. The van der Waals surface area contributed by atoms with E-state index in [-0.39, 0.29) is 19.4 Å². The van der Waals surface area contributed by atoms with Crippen molar-refractivity contribution < 1.29 is 28.7 Å². The predicted molar refractivity (Wildman–Crippen MR) is 90.0 cm³/mol. The lowest BCUT2D eigenvalue weighted by atomic mass is 9.87. The van der Waals surface area contributed by atoms with Crippen LogP contribution < -0.4 is 11.1 Å². The highest BCUT2D eigenvalue weighted by Gasteiger charge is 2.61. The van der Waals surface area contributed by atoms with E-state index in [1.54, 1.807) is 20.8 Å². The van der Waals surface area contributed by atoms with E-state index in [1.165, 1.54) is 0 Å². The van der Waals surface area contributed by atoms with Crippen LogP contribution in [0.3, 0.4) is 0 Å². The van der Waals surface area contributed by atoms with E-state index in [0.29, 0.717) is 13.1 Å². The first-order valence-electron chi connectivity index (χ1n) is 8.47. The van der Waals surface area contributed by atoms with Crippen LogP contribution in [0.5, 0.6) is 0 Å². The number of nitrogens with zero attached hydrogens (tertiary/aromatic N) is 2. The number of esters is 1. The summed E-state index contributed by atoms with van der Waals surface area (Å²) in [6.45, 7) is 5.59. The Morgan fingerprint density at radius 3 is 2.35 bits per heavy atom. The normalized spacial score (nSPS) is 21.1. The third kappa shape index (κ3) is 3.65. The lowest BCUT2D eigenvalue weighted by Gasteiger charge is -2.37. The number of nitrogens with two attached hydrogens (primary N) is 1. The van der Waals surface area contributed by atoms with Crippen LogP contribution >= 0.6 is 0 Å². The van der Waals surface area contributed by atoms with Gasteiger partial charge in [0.15, 0.2) is 0 Å². The molecule has 0 saturated carbocycles. The number of hydrogen-bond donors (Lipinski definition) is 2. The summed E-state index contributed by atoms with van der Waals surface area (Å²) >= 11 is 0. The lowest BCUT2D eigenvalue weighted by Crippen LogP contribution is -2.58. The zero-order valence-electron chi connectivity index (χ0n) is 15.5. The van der Waals surface area contributed by atoms with Crippen molar-refractivity contribution >= 4 is 24.0 Å². The van der Waals surface area contributed by atoms with Gasteiger partial charge in [0, 0.05) is 0 Å². The quantitative estimate of drug-likeness (QED) is 0.516. The molecule has 0 aromatic carbocycles. The molecule has 2 fully saturated rings. The van der Waals surface area contributed by atoms with Gasteiger partial charge in [-0.1, -0.05) is 0 Å². The summed E-state index contributed by atoms with van der Waals surface area (Å²) in [4.78, 5) is 51.9. The highest BCUT2D eigenvalue weighted by atomic mass is 16.6. The number of carbonyl (C=O) groups is 4. The molecule has 1 unspecified atom stereocenters. The summed E-state index contributed by atoms with van der Waals surface area (Å²) in [7, 11) is 1.16. The van der Waals surface area contributed by atoms with Crippen molar-refractivity contribution in [2.24, 2.45) is 5.73 Å². The molecule has 2 aliphatic heterocycles. The number of methoxy groups -OCH3 is 1. The molecule has 0 radical (unpaired) electrons. The zero-order chi connectivity index (χ0) is 19.7. The Morgan fingerprint density at radius 1 is 1.27 bits per heavy atom. The van der Waals surface area contributed by atoms with Gasteiger partial charge in [-0.15, -0.1) is 0 Å². The van der Waals surface area contributed by atoms with Crippen LogP contribution in [0, 0.1) is 0 Å². The Balaban J connectivity index is 2.34. The van der Waals surface area contributed by atoms with Crippen molar-refractivity contribution in [1.29, 1.82) is 0 Å². The van der Waals surface area contributed by atoms with Crippen molar-refractivity contribution in [3.8, 4) is 0 Å². The third-order valence-electron chi connectivity index (χ3n) is 4.38. The predicted octanol–water partition coefficient (Wildman–Crippen LogP) is -0.192. The SMILES string of the molecule is COC(=O)C(N)CN1C(=O)N(C(=O)OC(C)(C)C)C2(CCNCC2)C1=O. The van der Waals surface area contributed by atoms with E-state index in [0.717, 1.165) is 16.9 Å². The van der Waals surface area contributed by atoms with Crippen molar-refractivity contribution in [3.05, 3.63) is 0 Å². The minimum atomic E-state index is -1.32. The van der Waals surface area contributed by atoms with E-state index >= 15 is 0 Å². The molecule has 4 amide bonds. The highest BCUT2D eigenvalue weighted by Crippen LogP contribution is 2.36. The number of imide groups is 2. The second kappa shape index (κ2) is 7.20. The van der Waals surface area contributed by atoms with Gasteiger partial charge in [-0.05, 0) is 46.7 Å². The fourth-order valence-electron chi connectivity index (χ4n) is 3.16. The molecule has 2 rings (SSSR count). The second-order valence-corrected chi connectivity index (χ2v) is 7.43. The van der Waals surface area contributed by atoms with E-state index in [2.05, 4.69) is 10.1 Å². The summed E-state index contributed by atoms with van der Waals surface area (Å²) in [6, 6.07) is -2.02. The zero-order valence-corrected chi connectivity index (χ0v) is 15.5. The molecule has 2 aliphatic rings. The first-order chi connectivity index (χ1) is 12.0. The van der Waals surface area contributed by atoms with Crippen LogP contribution in [0.2, 0.25) is 0 Å². The fraction of sp³-hybridized carbons (Fsp3) is 0.750. The first-order valence-corrected chi connectivity index (χ1v) is 8.47. The van der Waals surface area contributed by atoms with Crippen LogP contribution in [0.1, 0.15) is 33.6 Å². The van der Waals surface area contributed by atoms with E-state index in [4.69, 9.17) is 10.5 Å². The van der Waals surface area contributed by atoms with Crippen LogP contribution in [0.4, 0.5) is 9.59 Å². The summed E-state index contributed by atoms with van der Waals surface area (Å²) in [5, 5.41) is 3.10. The molecule has 3 N–H and O–H groups in total. The van der Waals surface area contributed by atoms with Crippen molar-refractivity contribution in [2.75, 3.05) is 26.7 Å². The summed E-state index contributed by atoms with van der Waals surface area (Å²) in [5.41, 5.74) is 3.56. The number of amides is 4. The molecule has 0 aliphatic carbocycles. The molecule has 0 bridgehead atoms. The molecular formula is C16H26N4O6. The molecule has 10 nitrogen and oxygen atoms in total. The maximum atomic E-state index is 13.0. The minimum absolute atomic E-state index is 0.265. The van der Waals surface area contributed by atoms with Gasteiger partial charge in [0.2, 0.25) is 0 Å². The maximum Gasteiger partial charge on any atom is 0.419 e. The van der Waals surface area contributed by atoms with Gasteiger partial charge >= 0.3 is 18.1 Å². The van der Waals surface area contributed by atoms with Crippen molar-refractivity contribution in [1.82, 2.24) is 15.1 Å². The third-order valence-corrected chi connectivity index (χ3v) is 4.38. The van der Waals surface area contributed by atoms with E-state index in [9.17, 15) is 19.2 Å². The Morgan fingerprint density at radius 2 is 1.85 bits per heavy atom.